The summed E-state index contributed by atoms with van der Waals surface area (Å²) in [5, 5.41) is 4.85. The van der Waals surface area contributed by atoms with Crippen molar-refractivity contribution in [1.82, 2.24) is 4.98 Å². The zero-order chi connectivity index (χ0) is 10.9. The highest BCUT2D eigenvalue weighted by molar-refractivity contribution is 7.15. The minimum Gasteiger partial charge on any atom is -0.358 e. The summed E-state index contributed by atoms with van der Waals surface area (Å²) in [6, 6.07) is 0.774. The van der Waals surface area contributed by atoms with E-state index in [4.69, 9.17) is 0 Å². The molecule has 16 heavy (non-hydrogen) atoms. The Morgan fingerprint density at radius 2 is 1.88 bits per heavy atom. The number of rotatable bonds is 2. The highest BCUT2D eigenvalue weighted by Gasteiger charge is 2.65. The number of hydrogen-bond donors (Lipinski definition) is 1. The number of aryl methyl sites for hydroxylation is 2. The van der Waals surface area contributed by atoms with Crippen LogP contribution in [0.15, 0.2) is 0 Å². The number of nitrogens with one attached hydrogen (secondary N) is 1. The van der Waals surface area contributed by atoms with E-state index in [0.29, 0.717) is 0 Å². The molecule has 1 aromatic heterocycles. The zero-order valence-electron chi connectivity index (χ0n) is 9.86. The van der Waals surface area contributed by atoms with Crippen molar-refractivity contribution in [3.05, 3.63) is 10.6 Å². The van der Waals surface area contributed by atoms with E-state index in [-0.39, 0.29) is 0 Å². The maximum Gasteiger partial charge on any atom is 0.183 e. The summed E-state index contributed by atoms with van der Waals surface area (Å²) in [7, 11) is 0. The molecule has 4 unspecified atom stereocenters. The lowest BCUT2D eigenvalue weighted by atomic mass is 10.0. The van der Waals surface area contributed by atoms with Crippen LogP contribution in [0.5, 0.6) is 0 Å². The lowest BCUT2D eigenvalue weighted by Crippen LogP contribution is -2.12. The molecule has 1 aromatic rings. The van der Waals surface area contributed by atoms with Crippen LogP contribution in [-0.4, -0.2) is 11.0 Å². The van der Waals surface area contributed by atoms with E-state index >= 15 is 0 Å². The van der Waals surface area contributed by atoms with Gasteiger partial charge in [0.05, 0.1) is 5.69 Å². The summed E-state index contributed by atoms with van der Waals surface area (Å²) in [6.07, 6.45) is 4.53. The van der Waals surface area contributed by atoms with Crippen molar-refractivity contribution in [2.75, 3.05) is 5.32 Å². The number of aromatic nitrogens is 1. The summed E-state index contributed by atoms with van der Waals surface area (Å²) < 4.78 is 0. The van der Waals surface area contributed by atoms with Crippen LogP contribution in [0.2, 0.25) is 0 Å². The van der Waals surface area contributed by atoms with E-state index < -0.39 is 0 Å². The Hall–Kier alpha value is -0.570. The van der Waals surface area contributed by atoms with Crippen molar-refractivity contribution in [2.24, 2.45) is 23.7 Å². The van der Waals surface area contributed by atoms with Crippen molar-refractivity contribution in [3.63, 3.8) is 0 Å². The Morgan fingerprint density at radius 1 is 1.19 bits per heavy atom. The lowest BCUT2D eigenvalue weighted by molar-refractivity contribution is 0.456. The highest BCUT2D eigenvalue weighted by atomic mass is 32.1. The molecule has 0 amide bonds. The monoisotopic (exact) mass is 234 g/mol. The molecule has 0 aromatic carbocycles. The summed E-state index contributed by atoms with van der Waals surface area (Å²) in [5.74, 6) is 4.11. The first kappa shape index (κ1) is 9.46. The van der Waals surface area contributed by atoms with Crippen LogP contribution in [0.4, 0.5) is 5.13 Å². The molecule has 3 heteroatoms. The first-order valence-corrected chi connectivity index (χ1v) is 7.26. The number of anilines is 1. The summed E-state index contributed by atoms with van der Waals surface area (Å²) >= 11 is 1.82. The molecule has 3 fully saturated rings. The van der Waals surface area contributed by atoms with E-state index in [2.05, 4.69) is 24.1 Å². The van der Waals surface area contributed by atoms with Gasteiger partial charge in [0.15, 0.2) is 5.13 Å². The fourth-order valence-electron chi connectivity index (χ4n) is 4.20. The first-order chi connectivity index (χ1) is 7.74. The molecule has 4 rings (SSSR count). The maximum absolute atomic E-state index is 4.60. The quantitative estimate of drug-likeness (QED) is 0.850. The lowest BCUT2D eigenvalue weighted by Gasteiger charge is -2.08. The third-order valence-electron chi connectivity index (χ3n) is 5.05. The Kier molecular flexibility index (Phi) is 1.78. The normalized spacial score (nSPS) is 43.5. The second-order valence-corrected chi connectivity index (χ2v) is 7.02. The average Bonchev–Trinajstić information content (AvgIpc) is 2.64. The van der Waals surface area contributed by atoms with Gasteiger partial charge < -0.3 is 5.32 Å². The molecule has 1 heterocycles. The minimum absolute atomic E-state index is 0.774. The number of hydrogen-bond acceptors (Lipinski definition) is 3. The summed E-state index contributed by atoms with van der Waals surface area (Å²) in [5.41, 5.74) is 1.20. The molecular formula is C13H18N2S. The third-order valence-corrected chi connectivity index (χ3v) is 6.06. The van der Waals surface area contributed by atoms with Crippen LogP contribution >= 0.6 is 11.3 Å². The van der Waals surface area contributed by atoms with Gasteiger partial charge in [-0.3, -0.25) is 0 Å². The highest BCUT2D eigenvalue weighted by Crippen LogP contribution is 2.66. The van der Waals surface area contributed by atoms with Crippen LogP contribution in [0.3, 0.4) is 0 Å². The van der Waals surface area contributed by atoms with Crippen molar-refractivity contribution >= 4 is 16.5 Å². The second-order valence-electron chi connectivity index (χ2n) is 5.82. The van der Waals surface area contributed by atoms with Gasteiger partial charge >= 0.3 is 0 Å². The van der Waals surface area contributed by atoms with E-state index in [0.717, 1.165) is 34.8 Å². The molecule has 1 N–H and O–H groups in total. The van der Waals surface area contributed by atoms with Crippen LogP contribution < -0.4 is 5.32 Å². The van der Waals surface area contributed by atoms with Gasteiger partial charge in [-0.1, -0.05) is 0 Å². The molecule has 4 atom stereocenters. The molecule has 3 saturated carbocycles. The molecule has 3 aliphatic rings. The maximum atomic E-state index is 4.60. The van der Waals surface area contributed by atoms with Crippen molar-refractivity contribution in [3.8, 4) is 0 Å². The van der Waals surface area contributed by atoms with Gasteiger partial charge in [0, 0.05) is 10.9 Å². The Balaban J connectivity index is 1.50. The molecule has 0 aliphatic heterocycles. The van der Waals surface area contributed by atoms with E-state index in [1.165, 1.54) is 29.8 Å². The topological polar surface area (TPSA) is 24.9 Å². The van der Waals surface area contributed by atoms with E-state index in [1.54, 1.807) is 0 Å². The van der Waals surface area contributed by atoms with Crippen LogP contribution in [0.1, 0.15) is 29.8 Å². The average molecular weight is 234 g/mol. The number of nitrogens with zero attached hydrogens (tertiary/aromatic N) is 1. The van der Waals surface area contributed by atoms with Crippen LogP contribution in [-0.2, 0) is 0 Å². The third kappa shape index (κ3) is 1.15. The van der Waals surface area contributed by atoms with Gasteiger partial charge in [-0.05, 0) is 56.8 Å². The second kappa shape index (κ2) is 3.00. The van der Waals surface area contributed by atoms with Crippen LogP contribution in [0.25, 0.3) is 0 Å². The summed E-state index contributed by atoms with van der Waals surface area (Å²) in [6.45, 7) is 4.27. The SMILES string of the molecule is Cc1nc(NC2C3C4CCC(C4)C23)sc1C. The Labute approximate surface area is 100 Å². The predicted octanol–water partition coefficient (Wildman–Crippen LogP) is 3.22. The minimum atomic E-state index is 0.774. The van der Waals surface area contributed by atoms with E-state index in [1.807, 2.05) is 11.3 Å². The van der Waals surface area contributed by atoms with Gasteiger partial charge in [-0.15, -0.1) is 11.3 Å². The molecule has 2 bridgehead atoms. The molecule has 0 spiro atoms. The van der Waals surface area contributed by atoms with Gasteiger partial charge in [0.1, 0.15) is 0 Å². The van der Waals surface area contributed by atoms with Crippen molar-refractivity contribution < 1.29 is 0 Å². The van der Waals surface area contributed by atoms with Gasteiger partial charge in [-0.25, -0.2) is 4.98 Å². The van der Waals surface area contributed by atoms with Crippen molar-refractivity contribution in [1.29, 1.82) is 0 Å². The van der Waals surface area contributed by atoms with Crippen LogP contribution in [0, 0.1) is 37.5 Å². The van der Waals surface area contributed by atoms with Gasteiger partial charge in [0.25, 0.3) is 0 Å². The molecule has 0 saturated heterocycles. The van der Waals surface area contributed by atoms with Gasteiger partial charge in [0.2, 0.25) is 0 Å². The Morgan fingerprint density at radius 3 is 2.44 bits per heavy atom. The standard InChI is InChI=1S/C13H18N2S/c1-6-7(2)16-13(14-6)15-12-10-8-3-4-9(5-8)11(10)12/h8-12H,3-5H2,1-2H3,(H,14,15). The number of fused-ring (bicyclic) bond motifs is 5. The molecule has 3 aliphatic carbocycles. The fourth-order valence-corrected chi connectivity index (χ4v) is 5.06. The Bertz CT molecular complexity index is 404. The fraction of sp³-hybridized carbons (Fsp3) is 0.769. The summed E-state index contributed by atoms with van der Waals surface area (Å²) in [4.78, 5) is 5.95. The predicted molar refractivity (Wildman–Crippen MR) is 66.8 cm³/mol. The molecule has 86 valence electrons. The first-order valence-electron chi connectivity index (χ1n) is 6.44. The molecule has 2 nitrogen and oxygen atoms in total. The largest absolute Gasteiger partial charge is 0.358 e. The zero-order valence-corrected chi connectivity index (χ0v) is 10.7. The van der Waals surface area contributed by atoms with Crippen molar-refractivity contribution in [2.45, 2.75) is 39.2 Å². The smallest absolute Gasteiger partial charge is 0.183 e. The van der Waals surface area contributed by atoms with Gasteiger partial charge in [-0.2, -0.15) is 0 Å². The number of thiazole rings is 1. The van der Waals surface area contributed by atoms with E-state index in [9.17, 15) is 0 Å². The molecular weight excluding hydrogens is 216 g/mol. The molecule has 0 radical (unpaired) electrons.